The molecule has 1 aromatic carbocycles. The molecule has 2 nitrogen and oxygen atoms in total. The molecule has 1 aliphatic carbocycles. The standard InChI is InChI=1S/C14H20FNO/c1-2-13(16)14(8-9-17)7-6-10-11(14)4-3-5-12(10)15/h3-5,13,17H,2,6-9,16H2,1H3. The lowest BCUT2D eigenvalue weighted by molar-refractivity contribution is 0.210. The van der Waals surface area contributed by atoms with E-state index in [0.717, 1.165) is 30.4 Å². The Labute approximate surface area is 102 Å². The number of hydrogen-bond acceptors (Lipinski definition) is 2. The molecule has 0 aliphatic heterocycles. The number of aliphatic hydroxyl groups is 1. The minimum absolute atomic E-state index is 0.0160. The first kappa shape index (κ1) is 12.5. The molecule has 0 amide bonds. The first-order valence-corrected chi connectivity index (χ1v) is 6.30. The fraction of sp³-hybridized carbons (Fsp3) is 0.571. The van der Waals surface area contributed by atoms with Crippen molar-refractivity contribution in [1.82, 2.24) is 0 Å². The lowest BCUT2D eigenvalue weighted by atomic mass is 9.72. The first-order valence-electron chi connectivity index (χ1n) is 6.30. The molecular formula is C14H20FNO. The molecule has 0 radical (unpaired) electrons. The van der Waals surface area contributed by atoms with Gasteiger partial charge in [0, 0.05) is 18.1 Å². The molecule has 0 heterocycles. The maximum Gasteiger partial charge on any atom is 0.126 e. The summed E-state index contributed by atoms with van der Waals surface area (Å²) in [6.07, 6.45) is 3.04. The Morgan fingerprint density at radius 2 is 2.29 bits per heavy atom. The highest BCUT2D eigenvalue weighted by Gasteiger charge is 2.43. The summed E-state index contributed by atoms with van der Waals surface area (Å²) in [6.45, 7) is 2.14. The van der Waals surface area contributed by atoms with Crippen molar-refractivity contribution in [2.75, 3.05) is 6.61 Å². The molecule has 94 valence electrons. The zero-order valence-corrected chi connectivity index (χ0v) is 10.2. The molecule has 0 saturated carbocycles. The van der Waals surface area contributed by atoms with Gasteiger partial charge in [0.15, 0.2) is 0 Å². The minimum atomic E-state index is -0.235. The van der Waals surface area contributed by atoms with E-state index in [2.05, 4.69) is 0 Å². The highest BCUT2D eigenvalue weighted by atomic mass is 19.1. The van der Waals surface area contributed by atoms with Crippen LogP contribution >= 0.6 is 0 Å². The summed E-state index contributed by atoms with van der Waals surface area (Å²) in [5, 5.41) is 9.28. The molecule has 1 aliphatic rings. The molecule has 2 unspecified atom stereocenters. The van der Waals surface area contributed by atoms with Crippen molar-refractivity contribution in [3.63, 3.8) is 0 Å². The molecule has 2 atom stereocenters. The second-order valence-electron chi connectivity index (χ2n) is 4.91. The molecule has 1 aromatic rings. The van der Waals surface area contributed by atoms with Crippen LogP contribution in [0.1, 0.15) is 37.3 Å². The maximum absolute atomic E-state index is 13.7. The van der Waals surface area contributed by atoms with Gasteiger partial charge in [0.2, 0.25) is 0 Å². The summed E-state index contributed by atoms with van der Waals surface area (Å²) in [6, 6.07) is 5.20. The number of benzene rings is 1. The first-order chi connectivity index (χ1) is 8.15. The van der Waals surface area contributed by atoms with Crippen molar-refractivity contribution in [2.45, 2.75) is 44.1 Å². The summed E-state index contributed by atoms with van der Waals surface area (Å²) < 4.78 is 13.7. The van der Waals surface area contributed by atoms with Gasteiger partial charge in [-0.1, -0.05) is 19.1 Å². The Hall–Kier alpha value is -0.930. The van der Waals surface area contributed by atoms with Crippen LogP contribution in [0.15, 0.2) is 18.2 Å². The molecule has 2 rings (SSSR count). The van der Waals surface area contributed by atoms with Crippen LogP contribution < -0.4 is 5.73 Å². The number of aliphatic hydroxyl groups excluding tert-OH is 1. The van der Waals surface area contributed by atoms with Gasteiger partial charge in [0.05, 0.1) is 0 Å². The topological polar surface area (TPSA) is 46.2 Å². The van der Waals surface area contributed by atoms with Crippen molar-refractivity contribution in [3.05, 3.63) is 35.1 Å². The summed E-state index contributed by atoms with van der Waals surface area (Å²) in [7, 11) is 0. The molecule has 17 heavy (non-hydrogen) atoms. The zero-order chi connectivity index (χ0) is 12.5. The van der Waals surface area contributed by atoms with Crippen LogP contribution in [0.3, 0.4) is 0 Å². The van der Waals surface area contributed by atoms with Gasteiger partial charge in [0.25, 0.3) is 0 Å². The van der Waals surface area contributed by atoms with E-state index < -0.39 is 0 Å². The Morgan fingerprint density at radius 1 is 1.53 bits per heavy atom. The molecule has 0 aromatic heterocycles. The summed E-state index contributed by atoms with van der Waals surface area (Å²) in [5.41, 5.74) is 7.81. The monoisotopic (exact) mass is 237 g/mol. The Kier molecular flexibility index (Phi) is 3.50. The number of hydrogen-bond donors (Lipinski definition) is 2. The molecular weight excluding hydrogens is 217 g/mol. The van der Waals surface area contributed by atoms with Crippen molar-refractivity contribution in [1.29, 1.82) is 0 Å². The summed E-state index contributed by atoms with van der Waals surface area (Å²) in [4.78, 5) is 0. The van der Waals surface area contributed by atoms with Gasteiger partial charge in [-0.15, -0.1) is 0 Å². The zero-order valence-electron chi connectivity index (χ0n) is 10.2. The minimum Gasteiger partial charge on any atom is -0.396 e. The van der Waals surface area contributed by atoms with Crippen molar-refractivity contribution >= 4 is 0 Å². The fourth-order valence-corrected chi connectivity index (χ4v) is 3.18. The molecule has 3 N–H and O–H groups in total. The smallest absolute Gasteiger partial charge is 0.126 e. The van der Waals surface area contributed by atoms with E-state index >= 15 is 0 Å². The Morgan fingerprint density at radius 3 is 2.94 bits per heavy atom. The predicted molar refractivity (Wildman–Crippen MR) is 66.4 cm³/mol. The normalized spacial score (nSPS) is 24.7. The summed E-state index contributed by atoms with van der Waals surface area (Å²) in [5.74, 6) is -0.134. The van der Waals surface area contributed by atoms with Gasteiger partial charge >= 0.3 is 0 Å². The second kappa shape index (κ2) is 4.75. The molecule has 0 saturated heterocycles. The molecule has 3 heteroatoms. The number of rotatable bonds is 4. The SMILES string of the molecule is CCC(N)C1(CCO)CCc2c(F)cccc21. The van der Waals surface area contributed by atoms with Gasteiger partial charge < -0.3 is 10.8 Å². The van der Waals surface area contributed by atoms with E-state index in [4.69, 9.17) is 5.73 Å². The third kappa shape index (κ3) is 1.87. The number of fused-ring (bicyclic) bond motifs is 1. The van der Waals surface area contributed by atoms with Crippen LogP contribution in [0.2, 0.25) is 0 Å². The van der Waals surface area contributed by atoms with Gasteiger partial charge in [-0.25, -0.2) is 4.39 Å². The van der Waals surface area contributed by atoms with Crippen molar-refractivity contribution < 1.29 is 9.50 Å². The van der Waals surface area contributed by atoms with Crippen LogP contribution in [-0.2, 0) is 11.8 Å². The third-order valence-corrected chi connectivity index (χ3v) is 4.18. The molecule has 0 fully saturated rings. The van der Waals surface area contributed by atoms with Crippen LogP contribution in [0, 0.1) is 5.82 Å². The van der Waals surface area contributed by atoms with E-state index in [1.165, 1.54) is 6.07 Å². The fourth-order valence-electron chi connectivity index (χ4n) is 3.18. The Bertz CT molecular complexity index is 407. The van der Waals surface area contributed by atoms with E-state index in [1.807, 2.05) is 13.0 Å². The van der Waals surface area contributed by atoms with Crippen molar-refractivity contribution in [3.8, 4) is 0 Å². The van der Waals surface area contributed by atoms with Crippen LogP contribution in [0.25, 0.3) is 0 Å². The maximum atomic E-state index is 13.7. The number of halogens is 1. The van der Waals surface area contributed by atoms with Crippen LogP contribution in [0.4, 0.5) is 4.39 Å². The third-order valence-electron chi connectivity index (χ3n) is 4.18. The van der Waals surface area contributed by atoms with Gasteiger partial charge in [0.1, 0.15) is 5.82 Å². The highest BCUT2D eigenvalue weighted by Crippen LogP contribution is 2.44. The lowest BCUT2D eigenvalue weighted by Crippen LogP contribution is -2.44. The predicted octanol–water partition coefficient (Wildman–Crippen LogP) is 2.13. The Balaban J connectivity index is 2.49. The quantitative estimate of drug-likeness (QED) is 0.842. The van der Waals surface area contributed by atoms with Gasteiger partial charge in [-0.05, 0) is 42.9 Å². The average Bonchev–Trinajstić information content (AvgIpc) is 2.71. The lowest BCUT2D eigenvalue weighted by Gasteiger charge is -2.35. The van der Waals surface area contributed by atoms with Crippen LogP contribution in [-0.4, -0.2) is 17.8 Å². The summed E-state index contributed by atoms with van der Waals surface area (Å²) >= 11 is 0. The second-order valence-corrected chi connectivity index (χ2v) is 4.91. The molecule has 0 bridgehead atoms. The van der Waals surface area contributed by atoms with Crippen molar-refractivity contribution in [2.24, 2.45) is 5.73 Å². The largest absolute Gasteiger partial charge is 0.396 e. The highest BCUT2D eigenvalue weighted by molar-refractivity contribution is 5.41. The van der Waals surface area contributed by atoms with E-state index in [1.54, 1.807) is 6.07 Å². The van der Waals surface area contributed by atoms with Crippen LogP contribution in [0.5, 0.6) is 0 Å². The average molecular weight is 237 g/mol. The van der Waals surface area contributed by atoms with Gasteiger partial charge in [-0.3, -0.25) is 0 Å². The van der Waals surface area contributed by atoms with E-state index in [-0.39, 0.29) is 23.9 Å². The van der Waals surface area contributed by atoms with E-state index in [0.29, 0.717) is 6.42 Å². The van der Waals surface area contributed by atoms with E-state index in [9.17, 15) is 9.50 Å². The molecule has 0 spiro atoms. The number of nitrogens with two attached hydrogens (primary N) is 1. The van der Waals surface area contributed by atoms with Gasteiger partial charge in [-0.2, -0.15) is 0 Å².